The third-order valence-electron chi connectivity index (χ3n) is 1.38. The third kappa shape index (κ3) is 3.62. The lowest BCUT2D eigenvalue weighted by atomic mass is 10.3. The van der Waals surface area contributed by atoms with Crippen molar-refractivity contribution in [3.63, 3.8) is 0 Å². The van der Waals surface area contributed by atoms with Gasteiger partial charge in [0.15, 0.2) is 5.78 Å². The molecule has 0 saturated heterocycles. The maximum absolute atomic E-state index is 10.8. The zero-order valence-electron chi connectivity index (χ0n) is 6.43. The number of carbonyl (C=O) groups excluding carboxylic acids is 1. The molecule has 0 aromatic carbocycles. The van der Waals surface area contributed by atoms with Crippen molar-refractivity contribution < 1.29 is 9.32 Å². The van der Waals surface area contributed by atoms with Crippen LogP contribution in [0.4, 0.5) is 0 Å². The van der Waals surface area contributed by atoms with Gasteiger partial charge in [-0.05, 0) is 0 Å². The summed E-state index contributed by atoms with van der Waals surface area (Å²) < 4.78 is 5.60. The van der Waals surface area contributed by atoms with Gasteiger partial charge in [0, 0.05) is 25.9 Å². The van der Waals surface area contributed by atoms with Crippen molar-refractivity contribution >= 4 is 47.1 Å². The van der Waals surface area contributed by atoms with Crippen LogP contribution in [-0.4, -0.2) is 5.78 Å². The zero-order valence-corrected chi connectivity index (χ0v) is 11.7. The summed E-state index contributed by atoms with van der Waals surface area (Å²) >= 11 is 0. The van der Waals surface area contributed by atoms with Gasteiger partial charge in [0.1, 0.15) is 13.3 Å². The van der Waals surface area contributed by atoms with Crippen LogP contribution in [0.5, 0.6) is 0 Å². The van der Waals surface area contributed by atoms with Gasteiger partial charge in [0.2, 0.25) is 0 Å². The van der Waals surface area contributed by atoms with Crippen LogP contribution in [-0.2, 0) is 9.32 Å². The monoisotopic (exact) mass is 258 g/mol. The van der Waals surface area contributed by atoms with Crippen LogP contribution in [0.3, 0.4) is 0 Å². The molecule has 0 saturated carbocycles. The molecule has 0 amide bonds. The van der Waals surface area contributed by atoms with Gasteiger partial charge >= 0.3 is 0 Å². The Labute approximate surface area is 81.4 Å². The van der Waals surface area contributed by atoms with Crippen LogP contribution in [0.1, 0.15) is 12.8 Å². The summed E-state index contributed by atoms with van der Waals surface area (Å²) in [6.07, 6.45) is 3.02. The summed E-state index contributed by atoms with van der Waals surface area (Å²) in [6, 6.07) is 0. The molecule has 68 valence electrons. The lowest BCUT2D eigenvalue weighted by molar-refractivity contribution is -0.114. The lowest BCUT2D eigenvalue weighted by Gasteiger charge is -2.16. The molecule has 0 aromatic rings. The molecule has 2 nitrogen and oxygen atoms in total. The molecule has 0 N–H and O–H groups in total. The molecule has 1 rings (SSSR count). The van der Waals surface area contributed by atoms with Crippen LogP contribution < -0.4 is 0 Å². The van der Waals surface area contributed by atoms with Crippen molar-refractivity contribution in [1.29, 1.82) is 0 Å². The fraction of sp³-hybridized carbons (Fsp3) is 0.400. The van der Waals surface area contributed by atoms with Crippen molar-refractivity contribution in [2.75, 3.05) is 0 Å². The van der Waals surface area contributed by atoms with E-state index < -0.39 is 7.53 Å². The Morgan fingerprint density at radius 2 is 2.00 bits per heavy atom. The molecule has 0 heterocycles. The van der Waals surface area contributed by atoms with Crippen molar-refractivity contribution in [2.45, 2.75) is 12.8 Å². The number of carbonyl (C=O) groups is 1. The molecule has 0 aromatic heterocycles. The standard InChI is InChI=1S/C5H11O2P5/c6-4-1-2-5(3-4)7-11(8)12(9)10/h3H,1-2,8-10H2. The smallest absolute Gasteiger partial charge is 0.159 e. The summed E-state index contributed by atoms with van der Waals surface area (Å²) in [6.45, 7) is -0.205. The number of allylic oxidation sites excluding steroid dienone is 2. The Bertz CT molecular complexity index is 214. The molecule has 1 aliphatic rings. The predicted octanol–water partition coefficient (Wildman–Crippen LogP) is 3.41. The zero-order chi connectivity index (χ0) is 9.14. The average molecular weight is 258 g/mol. The first-order valence-electron chi connectivity index (χ1n) is 3.35. The van der Waals surface area contributed by atoms with Crippen LogP contribution >= 0.6 is 41.3 Å². The number of ketones is 1. The van der Waals surface area contributed by atoms with Gasteiger partial charge in [-0.2, -0.15) is 0 Å². The van der Waals surface area contributed by atoms with Crippen molar-refractivity contribution in [3.8, 4) is 0 Å². The van der Waals surface area contributed by atoms with Gasteiger partial charge in [0.25, 0.3) is 0 Å². The first-order chi connectivity index (χ1) is 5.59. The maximum atomic E-state index is 10.8. The minimum absolute atomic E-state index is 0.190. The highest BCUT2D eigenvalue weighted by atomic mass is 32.8. The molecule has 0 fully saturated rings. The fourth-order valence-electron chi connectivity index (χ4n) is 0.810. The molecule has 0 bridgehead atoms. The summed E-state index contributed by atoms with van der Waals surface area (Å²) in [5.41, 5.74) is 0. The Kier molecular flexibility index (Phi) is 5.04. The molecular weight excluding hydrogens is 247 g/mol. The molecule has 7 heteroatoms. The van der Waals surface area contributed by atoms with Gasteiger partial charge in [-0.15, -0.1) is 0 Å². The second kappa shape index (κ2) is 5.29. The van der Waals surface area contributed by atoms with Crippen LogP contribution in [0.15, 0.2) is 11.8 Å². The van der Waals surface area contributed by atoms with Crippen LogP contribution in [0, 0.1) is 0 Å². The molecule has 1 aliphatic carbocycles. The summed E-state index contributed by atoms with van der Waals surface area (Å²) in [5.74, 6) is 1.05. The molecular formula is C5H11O2P5. The van der Waals surface area contributed by atoms with E-state index in [9.17, 15) is 4.79 Å². The van der Waals surface area contributed by atoms with E-state index in [4.69, 9.17) is 4.52 Å². The van der Waals surface area contributed by atoms with E-state index in [0.717, 1.165) is 12.2 Å². The normalized spacial score (nSPS) is 19.7. The van der Waals surface area contributed by atoms with Crippen LogP contribution in [0.2, 0.25) is 0 Å². The Morgan fingerprint density at radius 3 is 2.42 bits per heavy atom. The highest BCUT2D eigenvalue weighted by Crippen LogP contribution is 2.84. The molecule has 12 heavy (non-hydrogen) atoms. The van der Waals surface area contributed by atoms with Gasteiger partial charge in [-0.3, -0.25) is 4.79 Å². The van der Waals surface area contributed by atoms with E-state index in [1.807, 2.05) is 0 Å². The molecule has 0 radical (unpaired) electrons. The van der Waals surface area contributed by atoms with Crippen molar-refractivity contribution in [3.05, 3.63) is 11.8 Å². The number of rotatable bonds is 3. The summed E-state index contributed by atoms with van der Waals surface area (Å²) in [7, 11) is 7.67. The molecule has 0 aliphatic heterocycles. The Morgan fingerprint density at radius 1 is 1.33 bits per heavy atom. The van der Waals surface area contributed by atoms with Gasteiger partial charge in [-0.1, -0.05) is 26.8 Å². The minimum atomic E-state index is -0.483. The van der Waals surface area contributed by atoms with Gasteiger partial charge in [0.05, 0.1) is 0 Å². The van der Waals surface area contributed by atoms with Crippen molar-refractivity contribution in [1.82, 2.24) is 0 Å². The predicted molar refractivity (Wildman–Crippen MR) is 66.4 cm³/mol. The maximum Gasteiger partial charge on any atom is 0.159 e. The van der Waals surface area contributed by atoms with E-state index in [0.29, 0.717) is 6.42 Å². The van der Waals surface area contributed by atoms with Crippen molar-refractivity contribution in [2.24, 2.45) is 0 Å². The average Bonchev–Trinajstić information content (AvgIpc) is 2.35. The quantitative estimate of drug-likeness (QED) is 0.725. The number of hydrogen-bond donors (Lipinski definition) is 0. The number of hydrogen-bond acceptors (Lipinski definition) is 2. The minimum Gasteiger partial charge on any atom is -0.469 e. The van der Waals surface area contributed by atoms with E-state index >= 15 is 0 Å². The molecule has 0 spiro atoms. The van der Waals surface area contributed by atoms with Gasteiger partial charge < -0.3 is 4.52 Å². The van der Waals surface area contributed by atoms with Gasteiger partial charge in [-0.25, -0.2) is 0 Å². The third-order valence-corrected chi connectivity index (χ3v) is 15.5. The topological polar surface area (TPSA) is 26.3 Å². The molecule has 4 atom stereocenters. The van der Waals surface area contributed by atoms with E-state index in [1.165, 1.54) is 0 Å². The highest BCUT2D eigenvalue weighted by Gasteiger charge is 2.17. The van der Waals surface area contributed by atoms with E-state index in [2.05, 4.69) is 26.8 Å². The summed E-state index contributed by atoms with van der Waals surface area (Å²) in [4.78, 5) is 10.8. The van der Waals surface area contributed by atoms with E-state index in [1.54, 1.807) is 6.08 Å². The fourth-order valence-corrected chi connectivity index (χ4v) is 3.14. The first-order valence-corrected chi connectivity index (χ1v) is 11.5. The highest BCUT2D eigenvalue weighted by molar-refractivity contribution is 8.80. The van der Waals surface area contributed by atoms with E-state index in [-0.39, 0.29) is 12.8 Å². The largest absolute Gasteiger partial charge is 0.469 e. The summed E-state index contributed by atoms with van der Waals surface area (Å²) in [5, 5.41) is 0. The first kappa shape index (κ1) is 11.4. The van der Waals surface area contributed by atoms with Crippen LogP contribution in [0.25, 0.3) is 0 Å². The second-order valence-corrected chi connectivity index (χ2v) is 16.9. The Hall–Kier alpha value is 1.36. The Balaban J connectivity index is 2.41. The second-order valence-electron chi connectivity index (χ2n) is 2.35. The molecule has 4 unspecified atom stereocenters. The SMILES string of the molecule is O=C1C=C(OP(P)P(P)P)CC1. The lowest BCUT2D eigenvalue weighted by Crippen LogP contribution is -1.80.